The molecule has 2 aromatic carbocycles. The van der Waals surface area contributed by atoms with E-state index in [1.165, 1.54) is 35.4 Å². The Bertz CT molecular complexity index is 1470. The number of halogens is 1. The van der Waals surface area contributed by atoms with Crippen molar-refractivity contribution in [1.29, 1.82) is 0 Å². The lowest BCUT2D eigenvalue weighted by atomic mass is 10.1. The first-order valence-corrected chi connectivity index (χ1v) is 13.1. The molecule has 0 spiro atoms. The zero-order valence-corrected chi connectivity index (χ0v) is 22.2. The molecule has 1 fully saturated rings. The number of likely N-dealkylation sites (tertiary alicyclic amines) is 1. The summed E-state index contributed by atoms with van der Waals surface area (Å²) in [6.07, 6.45) is 6.87. The summed E-state index contributed by atoms with van der Waals surface area (Å²) < 4.78 is 26.8. The zero-order chi connectivity index (χ0) is 28.1. The standard InChI is InChI=1S/C28H32FN7O4/c1-39-24-13-22-23(14-25(24)40-11-3-8-35-9-6-21(37)7-10-35)31-17-32-28(22)34-20-15-33-36(16-20)26(27(30)38)18-4-2-5-19(29)12-18/h2,4-5,12-17,21,26,37H,3,6-11H2,1H3,(H2,30,38)(H,31,32,34). The molecule has 40 heavy (non-hydrogen) atoms. The van der Waals surface area contributed by atoms with Crippen molar-refractivity contribution in [3.8, 4) is 11.5 Å². The minimum atomic E-state index is -0.977. The Kier molecular flexibility index (Phi) is 8.37. The van der Waals surface area contributed by atoms with E-state index in [4.69, 9.17) is 15.2 Å². The lowest BCUT2D eigenvalue weighted by molar-refractivity contribution is -0.120. The van der Waals surface area contributed by atoms with Crippen molar-refractivity contribution < 1.29 is 23.8 Å². The number of hydrogen-bond donors (Lipinski definition) is 3. The maximum atomic E-state index is 13.8. The Morgan fingerprint density at radius 2 is 2.05 bits per heavy atom. The van der Waals surface area contributed by atoms with Crippen molar-refractivity contribution in [3.05, 3.63) is 66.5 Å². The summed E-state index contributed by atoms with van der Waals surface area (Å²) in [6.45, 7) is 3.23. The normalized spacial score (nSPS) is 15.2. The van der Waals surface area contributed by atoms with E-state index >= 15 is 0 Å². The number of carbonyl (C=O) groups is 1. The van der Waals surface area contributed by atoms with Crippen LogP contribution in [0.2, 0.25) is 0 Å². The fourth-order valence-corrected chi connectivity index (χ4v) is 4.85. The van der Waals surface area contributed by atoms with Gasteiger partial charge in [0.1, 0.15) is 18.0 Å². The number of nitrogens with two attached hydrogens (primary N) is 1. The highest BCUT2D eigenvalue weighted by Gasteiger charge is 2.22. The molecule has 5 rings (SSSR count). The van der Waals surface area contributed by atoms with Crippen LogP contribution in [0.1, 0.15) is 30.9 Å². The molecule has 0 radical (unpaired) electrons. The highest BCUT2D eigenvalue weighted by molar-refractivity contribution is 5.93. The summed E-state index contributed by atoms with van der Waals surface area (Å²) in [5.74, 6) is 0.493. The van der Waals surface area contributed by atoms with E-state index in [2.05, 4.69) is 25.3 Å². The van der Waals surface area contributed by atoms with Crippen LogP contribution in [0, 0.1) is 5.82 Å². The predicted octanol–water partition coefficient (Wildman–Crippen LogP) is 3.02. The summed E-state index contributed by atoms with van der Waals surface area (Å²) in [4.78, 5) is 23.3. The van der Waals surface area contributed by atoms with Crippen LogP contribution >= 0.6 is 0 Å². The summed E-state index contributed by atoms with van der Waals surface area (Å²) >= 11 is 0. The van der Waals surface area contributed by atoms with Crippen LogP contribution in [0.4, 0.5) is 15.9 Å². The minimum Gasteiger partial charge on any atom is -0.493 e. The van der Waals surface area contributed by atoms with Gasteiger partial charge in [0, 0.05) is 37.3 Å². The minimum absolute atomic E-state index is 0.181. The van der Waals surface area contributed by atoms with E-state index in [1.807, 2.05) is 12.1 Å². The average molecular weight is 550 g/mol. The van der Waals surface area contributed by atoms with Gasteiger partial charge in [0.25, 0.3) is 0 Å². The molecule has 12 heteroatoms. The molecule has 0 bridgehead atoms. The third-order valence-electron chi connectivity index (χ3n) is 6.92. The number of nitrogens with one attached hydrogen (secondary N) is 1. The molecule has 2 aromatic heterocycles. The number of carbonyl (C=O) groups excluding carboxylic acids is 1. The second kappa shape index (κ2) is 12.3. The van der Waals surface area contributed by atoms with E-state index in [0.717, 1.165) is 38.9 Å². The van der Waals surface area contributed by atoms with Crippen molar-refractivity contribution in [2.24, 2.45) is 5.73 Å². The number of ether oxygens (including phenoxy) is 2. The van der Waals surface area contributed by atoms with Gasteiger partial charge in [-0.3, -0.25) is 9.48 Å². The van der Waals surface area contributed by atoms with Gasteiger partial charge in [-0.2, -0.15) is 5.10 Å². The number of methoxy groups -OCH3 is 1. The maximum absolute atomic E-state index is 13.8. The number of aliphatic hydroxyl groups is 1. The summed E-state index contributed by atoms with van der Waals surface area (Å²) in [5, 5.41) is 17.9. The summed E-state index contributed by atoms with van der Waals surface area (Å²) in [5.41, 5.74) is 7.21. The number of hydrogen-bond acceptors (Lipinski definition) is 9. The largest absolute Gasteiger partial charge is 0.493 e. The second-order valence-electron chi connectivity index (χ2n) is 9.71. The van der Waals surface area contributed by atoms with Gasteiger partial charge in [0.05, 0.1) is 37.2 Å². The fourth-order valence-electron chi connectivity index (χ4n) is 4.85. The molecule has 11 nitrogen and oxygen atoms in total. The van der Waals surface area contributed by atoms with Crippen molar-refractivity contribution in [3.63, 3.8) is 0 Å². The maximum Gasteiger partial charge on any atom is 0.246 e. The number of piperidine rings is 1. The second-order valence-corrected chi connectivity index (χ2v) is 9.71. The Labute approximate surface area is 230 Å². The van der Waals surface area contributed by atoms with Crippen molar-refractivity contribution in [1.82, 2.24) is 24.6 Å². The third kappa shape index (κ3) is 6.29. The molecule has 210 valence electrons. The lowest BCUT2D eigenvalue weighted by Gasteiger charge is -2.29. The Hall–Kier alpha value is -4.29. The van der Waals surface area contributed by atoms with Crippen molar-refractivity contribution >= 4 is 28.3 Å². The number of nitrogens with zero attached hydrogens (tertiary/aromatic N) is 5. The third-order valence-corrected chi connectivity index (χ3v) is 6.92. The van der Waals surface area contributed by atoms with Crippen molar-refractivity contribution in [2.75, 3.05) is 38.7 Å². The van der Waals surface area contributed by atoms with Crippen LogP contribution in [0.3, 0.4) is 0 Å². The number of aromatic nitrogens is 4. The Balaban J connectivity index is 1.30. The molecule has 0 saturated carbocycles. The highest BCUT2D eigenvalue weighted by atomic mass is 19.1. The topological polar surface area (TPSA) is 141 Å². The molecule has 1 saturated heterocycles. The lowest BCUT2D eigenvalue weighted by Crippen LogP contribution is -2.36. The molecule has 3 heterocycles. The van der Waals surface area contributed by atoms with Crippen LogP contribution < -0.4 is 20.5 Å². The fraction of sp³-hybridized carbons (Fsp3) is 0.357. The molecule has 1 atom stereocenters. The molecule has 1 aliphatic heterocycles. The summed E-state index contributed by atoms with van der Waals surface area (Å²) in [6, 6.07) is 8.34. The van der Waals surface area contributed by atoms with Crippen LogP contribution in [0.25, 0.3) is 10.9 Å². The number of rotatable bonds is 11. The number of primary amides is 1. The van der Waals surface area contributed by atoms with E-state index < -0.39 is 17.8 Å². The van der Waals surface area contributed by atoms with Gasteiger partial charge in [-0.25, -0.2) is 14.4 Å². The first-order chi connectivity index (χ1) is 19.4. The number of fused-ring (bicyclic) bond motifs is 1. The van der Waals surface area contributed by atoms with Gasteiger partial charge in [-0.15, -0.1) is 0 Å². The zero-order valence-electron chi connectivity index (χ0n) is 22.2. The quantitative estimate of drug-likeness (QED) is 0.241. The van der Waals surface area contributed by atoms with Gasteiger partial charge in [0.2, 0.25) is 5.91 Å². The van der Waals surface area contributed by atoms with Gasteiger partial charge in [-0.05, 0) is 43.0 Å². The predicted molar refractivity (Wildman–Crippen MR) is 147 cm³/mol. The molecule has 4 N–H and O–H groups in total. The van der Waals surface area contributed by atoms with E-state index in [0.29, 0.717) is 46.1 Å². The van der Waals surface area contributed by atoms with Gasteiger partial charge in [0.15, 0.2) is 17.5 Å². The number of benzene rings is 2. The monoisotopic (exact) mass is 549 g/mol. The van der Waals surface area contributed by atoms with Crippen molar-refractivity contribution in [2.45, 2.75) is 31.4 Å². The molecular formula is C28H32FN7O4. The molecule has 4 aromatic rings. The van der Waals surface area contributed by atoms with Gasteiger partial charge in [-0.1, -0.05) is 12.1 Å². The summed E-state index contributed by atoms with van der Waals surface area (Å²) in [7, 11) is 1.57. The number of aliphatic hydroxyl groups excluding tert-OH is 1. The first kappa shape index (κ1) is 27.3. The molecule has 1 aliphatic rings. The number of anilines is 2. The van der Waals surface area contributed by atoms with E-state index in [9.17, 15) is 14.3 Å². The first-order valence-electron chi connectivity index (χ1n) is 13.1. The highest BCUT2D eigenvalue weighted by Crippen LogP contribution is 2.35. The van der Waals surface area contributed by atoms with Gasteiger partial charge >= 0.3 is 0 Å². The molecule has 1 unspecified atom stereocenters. The Morgan fingerprint density at radius 3 is 2.80 bits per heavy atom. The van der Waals surface area contributed by atoms with Crippen LogP contribution in [0.5, 0.6) is 11.5 Å². The molecule has 1 amide bonds. The van der Waals surface area contributed by atoms with Gasteiger partial charge < -0.3 is 30.5 Å². The van der Waals surface area contributed by atoms with E-state index in [1.54, 1.807) is 19.4 Å². The molecular weight excluding hydrogens is 517 g/mol. The smallest absolute Gasteiger partial charge is 0.246 e. The van der Waals surface area contributed by atoms with Crippen LogP contribution in [-0.2, 0) is 4.79 Å². The van der Waals surface area contributed by atoms with Crippen LogP contribution in [0.15, 0.2) is 55.1 Å². The average Bonchev–Trinajstić information content (AvgIpc) is 3.39. The SMILES string of the molecule is COc1cc2c(Nc3cnn(C(C(N)=O)c4cccc(F)c4)c3)ncnc2cc1OCCCN1CCC(O)CC1. The number of amides is 1. The van der Waals surface area contributed by atoms with E-state index in [-0.39, 0.29) is 6.10 Å². The van der Waals surface area contributed by atoms with Crippen LogP contribution in [-0.4, -0.2) is 75.1 Å². The Morgan fingerprint density at radius 1 is 1.23 bits per heavy atom. The molecule has 0 aliphatic carbocycles.